The Kier molecular flexibility index (Phi) is 3.70. The van der Waals surface area contributed by atoms with Crippen molar-refractivity contribution in [3.8, 4) is 23.0 Å². The van der Waals surface area contributed by atoms with Crippen molar-refractivity contribution in [2.24, 2.45) is 0 Å². The zero-order valence-corrected chi connectivity index (χ0v) is 12.3. The molecule has 0 spiro atoms. The molecule has 1 heterocycles. The van der Waals surface area contributed by atoms with Gasteiger partial charge in [-0.3, -0.25) is 4.79 Å². The summed E-state index contributed by atoms with van der Waals surface area (Å²) in [6, 6.07) is 7.39. The number of fused-ring (bicyclic) bond motifs is 1. The number of aromatic hydroxyl groups is 3. The Morgan fingerprint density at radius 1 is 1.17 bits per heavy atom. The molecule has 0 saturated carbocycles. The van der Waals surface area contributed by atoms with Crippen molar-refractivity contribution >= 4 is 5.78 Å². The number of hydrogen-bond donors (Lipinski definition) is 3. The predicted molar refractivity (Wildman–Crippen MR) is 83.9 cm³/mol. The molecule has 0 amide bonds. The highest BCUT2D eigenvalue weighted by molar-refractivity contribution is 5.90. The van der Waals surface area contributed by atoms with E-state index in [1.807, 2.05) is 0 Å². The molecule has 2 aromatic rings. The lowest BCUT2D eigenvalue weighted by Crippen LogP contribution is -2.26. The number of rotatable bonds is 3. The van der Waals surface area contributed by atoms with Crippen molar-refractivity contribution < 1.29 is 24.9 Å². The van der Waals surface area contributed by atoms with E-state index in [1.54, 1.807) is 18.2 Å². The van der Waals surface area contributed by atoms with Gasteiger partial charge < -0.3 is 20.1 Å². The number of allylic oxidation sites excluding steroid dienone is 1. The fourth-order valence-electron chi connectivity index (χ4n) is 2.73. The lowest BCUT2D eigenvalue weighted by atomic mass is 9.92. The number of phenolic OH excluding ortho intramolecular Hbond substituents is 3. The van der Waals surface area contributed by atoms with Gasteiger partial charge in [0.15, 0.2) is 11.9 Å². The molecule has 1 aliphatic rings. The Balaban J connectivity index is 2.08. The van der Waals surface area contributed by atoms with E-state index in [1.165, 1.54) is 18.2 Å². The Bertz CT molecular complexity index is 757. The van der Waals surface area contributed by atoms with E-state index >= 15 is 0 Å². The van der Waals surface area contributed by atoms with Gasteiger partial charge in [0, 0.05) is 29.2 Å². The molecule has 1 atom stereocenters. The van der Waals surface area contributed by atoms with Crippen LogP contribution in [0.3, 0.4) is 0 Å². The average molecular weight is 312 g/mol. The highest BCUT2D eigenvalue weighted by atomic mass is 16.5. The molecule has 118 valence electrons. The molecule has 0 fully saturated rings. The first-order valence-electron chi connectivity index (χ1n) is 7.17. The monoisotopic (exact) mass is 312 g/mol. The Morgan fingerprint density at radius 3 is 2.52 bits per heavy atom. The second kappa shape index (κ2) is 5.68. The summed E-state index contributed by atoms with van der Waals surface area (Å²) in [5, 5.41) is 29.4. The molecule has 1 unspecified atom stereocenters. The zero-order valence-electron chi connectivity index (χ0n) is 12.3. The third-order valence-electron chi connectivity index (χ3n) is 3.86. The summed E-state index contributed by atoms with van der Waals surface area (Å²) in [6.45, 7) is 3.65. The van der Waals surface area contributed by atoms with Gasteiger partial charge in [0.2, 0.25) is 0 Å². The molecule has 0 saturated heterocycles. The number of ether oxygens (including phenoxy) is 1. The zero-order chi connectivity index (χ0) is 16.6. The number of ketones is 1. The molecule has 1 aliphatic heterocycles. The van der Waals surface area contributed by atoms with Gasteiger partial charge >= 0.3 is 0 Å². The summed E-state index contributed by atoms with van der Waals surface area (Å²) in [5.74, 6) is -0.0448. The minimum absolute atomic E-state index is 0.0110. The van der Waals surface area contributed by atoms with Crippen molar-refractivity contribution in [1.82, 2.24) is 0 Å². The molecule has 0 radical (unpaired) electrons. The van der Waals surface area contributed by atoms with Crippen LogP contribution >= 0.6 is 0 Å². The molecule has 0 aliphatic carbocycles. The van der Waals surface area contributed by atoms with Crippen LogP contribution in [0, 0.1) is 0 Å². The first-order chi connectivity index (χ1) is 11.0. The molecule has 3 rings (SSSR count). The third-order valence-corrected chi connectivity index (χ3v) is 3.86. The van der Waals surface area contributed by atoms with E-state index in [0.717, 1.165) is 0 Å². The number of benzene rings is 2. The Labute approximate surface area is 133 Å². The van der Waals surface area contributed by atoms with Gasteiger partial charge in [0.1, 0.15) is 23.0 Å². The van der Waals surface area contributed by atoms with Crippen molar-refractivity contribution in [1.29, 1.82) is 0 Å². The van der Waals surface area contributed by atoms with Crippen LogP contribution in [0.2, 0.25) is 0 Å². The number of carbonyl (C=O) groups excluding carboxylic acids is 1. The lowest BCUT2D eigenvalue weighted by Gasteiger charge is -2.28. The van der Waals surface area contributed by atoms with Gasteiger partial charge in [-0.25, -0.2) is 0 Å². The van der Waals surface area contributed by atoms with Crippen LogP contribution in [-0.4, -0.2) is 21.1 Å². The van der Waals surface area contributed by atoms with Crippen LogP contribution in [0.4, 0.5) is 0 Å². The molecule has 0 bridgehead atoms. The second-order valence-electron chi connectivity index (χ2n) is 5.43. The number of carbonyl (C=O) groups is 1. The summed E-state index contributed by atoms with van der Waals surface area (Å²) < 4.78 is 5.82. The molecular formula is C18H16O5. The summed E-state index contributed by atoms with van der Waals surface area (Å²) in [5.41, 5.74) is 1.47. The SMILES string of the molecule is C=CCc1c(O)cc(O)c2c1OC(c1ccc(O)cc1)C(=O)C2. The van der Waals surface area contributed by atoms with E-state index in [-0.39, 0.29) is 29.5 Å². The number of hydrogen-bond acceptors (Lipinski definition) is 5. The van der Waals surface area contributed by atoms with Crippen LogP contribution in [-0.2, 0) is 17.6 Å². The molecule has 23 heavy (non-hydrogen) atoms. The largest absolute Gasteiger partial charge is 0.508 e. The maximum absolute atomic E-state index is 12.4. The van der Waals surface area contributed by atoms with Crippen LogP contribution < -0.4 is 4.74 Å². The highest BCUT2D eigenvalue weighted by Gasteiger charge is 2.33. The van der Waals surface area contributed by atoms with Crippen molar-refractivity contribution in [3.05, 3.63) is 59.7 Å². The molecule has 5 nitrogen and oxygen atoms in total. The van der Waals surface area contributed by atoms with Crippen LogP contribution in [0.25, 0.3) is 0 Å². The van der Waals surface area contributed by atoms with E-state index in [9.17, 15) is 20.1 Å². The molecule has 5 heteroatoms. The minimum atomic E-state index is -0.840. The van der Waals surface area contributed by atoms with Gasteiger partial charge in [-0.15, -0.1) is 6.58 Å². The lowest BCUT2D eigenvalue weighted by molar-refractivity contribution is -0.126. The van der Waals surface area contributed by atoms with Crippen molar-refractivity contribution in [2.45, 2.75) is 18.9 Å². The van der Waals surface area contributed by atoms with E-state index < -0.39 is 6.10 Å². The summed E-state index contributed by atoms with van der Waals surface area (Å²) in [4.78, 5) is 12.4. The third kappa shape index (κ3) is 2.61. The molecule has 2 aromatic carbocycles. The fraction of sp³-hybridized carbons (Fsp3) is 0.167. The van der Waals surface area contributed by atoms with Crippen molar-refractivity contribution in [3.63, 3.8) is 0 Å². The second-order valence-corrected chi connectivity index (χ2v) is 5.43. The van der Waals surface area contributed by atoms with Gasteiger partial charge in [0.05, 0.1) is 0 Å². The fourth-order valence-corrected chi connectivity index (χ4v) is 2.73. The maximum Gasteiger partial charge on any atom is 0.182 e. The van der Waals surface area contributed by atoms with Gasteiger partial charge in [0.25, 0.3) is 0 Å². The van der Waals surface area contributed by atoms with Crippen LogP contribution in [0.1, 0.15) is 22.8 Å². The molecule has 3 N–H and O–H groups in total. The number of Topliss-reactive ketones (excluding diaryl/α,β-unsaturated/α-hetero) is 1. The molecule has 0 aromatic heterocycles. The topological polar surface area (TPSA) is 87.0 Å². The van der Waals surface area contributed by atoms with Gasteiger partial charge in [-0.05, 0) is 18.6 Å². The van der Waals surface area contributed by atoms with E-state index in [2.05, 4.69) is 6.58 Å². The highest BCUT2D eigenvalue weighted by Crippen LogP contribution is 2.44. The normalized spacial score (nSPS) is 16.5. The Morgan fingerprint density at radius 2 is 1.87 bits per heavy atom. The minimum Gasteiger partial charge on any atom is -0.508 e. The quantitative estimate of drug-likeness (QED) is 0.759. The van der Waals surface area contributed by atoms with E-state index in [4.69, 9.17) is 4.74 Å². The summed E-state index contributed by atoms with van der Waals surface area (Å²) in [7, 11) is 0. The number of phenols is 3. The molecular weight excluding hydrogens is 296 g/mol. The van der Waals surface area contributed by atoms with E-state index in [0.29, 0.717) is 28.9 Å². The first-order valence-corrected chi connectivity index (χ1v) is 7.17. The summed E-state index contributed by atoms with van der Waals surface area (Å²) >= 11 is 0. The predicted octanol–water partition coefficient (Wildman–Crippen LogP) is 2.78. The smallest absolute Gasteiger partial charge is 0.182 e. The Hall–Kier alpha value is -2.95. The van der Waals surface area contributed by atoms with Gasteiger partial charge in [-0.1, -0.05) is 18.2 Å². The average Bonchev–Trinajstić information content (AvgIpc) is 2.52. The summed E-state index contributed by atoms with van der Waals surface area (Å²) in [6.07, 6.45) is 1.14. The van der Waals surface area contributed by atoms with Crippen LogP contribution in [0.5, 0.6) is 23.0 Å². The standard InChI is InChI=1S/C18H16O5/c1-2-3-12-14(20)9-15(21)13-8-16(22)17(23-18(12)13)10-4-6-11(19)7-5-10/h2,4-7,9,17,19-21H,1,3,8H2. The van der Waals surface area contributed by atoms with Crippen molar-refractivity contribution in [2.75, 3.05) is 0 Å². The van der Waals surface area contributed by atoms with Crippen LogP contribution in [0.15, 0.2) is 43.0 Å². The maximum atomic E-state index is 12.4. The van der Waals surface area contributed by atoms with Gasteiger partial charge in [-0.2, -0.15) is 0 Å². The first kappa shape index (κ1) is 15.0.